The van der Waals surface area contributed by atoms with Gasteiger partial charge in [0.05, 0.1) is 27.1 Å². The van der Waals surface area contributed by atoms with Crippen molar-refractivity contribution in [2.75, 3.05) is 0 Å². The molecule has 0 amide bonds. The number of fused-ring (bicyclic) bond motifs is 1. The molecule has 1 aromatic heterocycles. The Hall–Kier alpha value is -1.24. The molecule has 2 rings (SSSR count). The van der Waals surface area contributed by atoms with E-state index in [1.807, 2.05) is 4.57 Å². The summed E-state index contributed by atoms with van der Waals surface area (Å²) < 4.78 is 1.90. The highest BCUT2D eigenvalue weighted by Gasteiger charge is 2.13. The second-order valence-electron chi connectivity index (χ2n) is 4.63. The zero-order chi connectivity index (χ0) is 13.3. The van der Waals surface area contributed by atoms with Gasteiger partial charge in [-0.25, -0.2) is 4.98 Å². The minimum atomic E-state index is 0.274. The number of imidazole rings is 1. The van der Waals surface area contributed by atoms with E-state index in [1.54, 1.807) is 12.1 Å². The van der Waals surface area contributed by atoms with Crippen molar-refractivity contribution in [1.29, 1.82) is 5.26 Å². The number of nitriles is 1. The molecule has 0 bridgehead atoms. The first-order chi connectivity index (χ1) is 8.52. The Morgan fingerprint density at radius 1 is 1.33 bits per heavy atom. The molecular formula is C13H13Cl2N3. The SMILES string of the molecule is CC(C)Cc1nc2cc(Cl)c(Cl)cc2n1CC#N. The van der Waals surface area contributed by atoms with Crippen LogP contribution in [0.4, 0.5) is 0 Å². The van der Waals surface area contributed by atoms with Gasteiger partial charge in [-0.05, 0) is 18.1 Å². The van der Waals surface area contributed by atoms with E-state index in [0.29, 0.717) is 16.0 Å². The van der Waals surface area contributed by atoms with E-state index >= 15 is 0 Å². The number of nitrogens with zero attached hydrogens (tertiary/aromatic N) is 3. The maximum absolute atomic E-state index is 8.92. The molecule has 0 saturated heterocycles. The lowest BCUT2D eigenvalue weighted by Crippen LogP contribution is -2.06. The fourth-order valence-electron chi connectivity index (χ4n) is 1.94. The molecule has 94 valence electrons. The van der Waals surface area contributed by atoms with Crippen LogP contribution in [0.25, 0.3) is 11.0 Å². The zero-order valence-electron chi connectivity index (χ0n) is 10.2. The van der Waals surface area contributed by atoms with Crippen LogP contribution in [0.5, 0.6) is 0 Å². The van der Waals surface area contributed by atoms with Gasteiger partial charge in [-0.2, -0.15) is 5.26 Å². The van der Waals surface area contributed by atoms with E-state index < -0.39 is 0 Å². The number of rotatable bonds is 3. The summed E-state index contributed by atoms with van der Waals surface area (Å²) in [5.74, 6) is 1.38. The van der Waals surface area contributed by atoms with Crippen LogP contribution in [0, 0.1) is 17.2 Å². The molecule has 0 atom stereocenters. The molecule has 0 N–H and O–H groups in total. The van der Waals surface area contributed by atoms with Gasteiger partial charge >= 0.3 is 0 Å². The quantitative estimate of drug-likeness (QED) is 0.851. The van der Waals surface area contributed by atoms with Gasteiger partial charge in [0.2, 0.25) is 0 Å². The Morgan fingerprint density at radius 3 is 2.61 bits per heavy atom. The van der Waals surface area contributed by atoms with Crippen molar-refractivity contribution in [3.8, 4) is 6.07 Å². The summed E-state index contributed by atoms with van der Waals surface area (Å²) in [5.41, 5.74) is 1.65. The van der Waals surface area contributed by atoms with Crippen molar-refractivity contribution in [2.45, 2.75) is 26.8 Å². The average Bonchev–Trinajstić information content (AvgIpc) is 2.58. The van der Waals surface area contributed by atoms with Gasteiger partial charge in [0, 0.05) is 6.42 Å². The minimum absolute atomic E-state index is 0.274. The van der Waals surface area contributed by atoms with Gasteiger partial charge in [-0.3, -0.25) is 0 Å². The van der Waals surface area contributed by atoms with Crippen LogP contribution in [0.3, 0.4) is 0 Å². The summed E-state index contributed by atoms with van der Waals surface area (Å²) in [6, 6.07) is 5.68. The third kappa shape index (κ3) is 2.45. The van der Waals surface area contributed by atoms with Crippen molar-refractivity contribution in [2.24, 2.45) is 5.92 Å². The monoisotopic (exact) mass is 281 g/mol. The molecule has 2 aromatic rings. The molecule has 0 saturated carbocycles. The molecule has 0 aliphatic heterocycles. The van der Waals surface area contributed by atoms with Crippen LogP contribution in [-0.2, 0) is 13.0 Å². The molecule has 1 heterocycles. The topological polar surface area (TPSA) is 41.6 Å². The van der Waals surface area contributed by atoms with Crippen LogP contribution in [0.1, 0.15) is 19.7 Å². The molecule has 0 unspecified atom stereocenters. The largest absolute Gasteiger partial charge is 0.314 e. The summed E-state index contributed by atoms with van der Waals surface area (Å²) in [4.78, 5) is 4.54. The maximum atomic E-state index is 8.92. The first-order valence-corrected chi connectivity index (χ1v) is 6.49. The van der Waals surface area contributed by atoms with E-state index in [-0.39, 0.29) is 6.54 Å². The van der Waals surface area contributed by atoms with Crippen LogP contribution >= 0.6 is 23.2 Å². The third-order valence-corrected chi connectivity index (χ3v) is 3.41. The fraction of sp³-hybridized carbons (Fsp3) is 0.385. The van der Waals surface area contributed by atoms with Gasteiger partial charge in [0.1, 0.15) is 12.4 Å². The number of hydrogen-bond donors (Lipinski definition) is 0. The van der Waals surface area contributed by atoms with Gasteiger partial charge in [-0.1, -0.05) is 37.0 Å². The number of hydrogen-bond acceptors (Lipinski definition) is 2. The van der Waals surface area contributed by atoms with Crippen LogP contribution in [0.2, 0.25) is 10.0 Å². The van der Waals surface area contributed by atoms with Crippen molar-refractivity contribution in [3.63, 3.8) is 0 Å². The minimum Gasteiger partial charge on any atom is -0.314 e. The van der Waals surface area contributed by atoms with Crippen molar-refractivity contribution < 1.29 is 0 Å². The van der Waals surface area contributed by atoms with Crippen LogP contribution < -0.4 is 0 Å². The lowest BCUT2D eigenvalue weighted by Gasteiger charge is -2.06. The molecule has 0 spiro atoms. The summed E-state index contributed by atoms with van der Waals surface area (Å²) >= 11 is 12.0. The van der Waals surface area contributed by atoms with Crippen LogP contribution in [0.15, 0.2) is 12.1 Å². The van der Waals surface area contributed by atoms with E-state index in [0.717, 1.165) is 23.3 Å². The highest BCUT2D eigenvalue weighted by Crippen LogP contribution is 2.28. The predicted octanol–water partition coefficient (Wildman–Crippen LogP) is 4.07. The molecule has 0 aliphatic carbocycles. The van der Waals surface area contributed by atoms with E-state index in [4.69, 9.17) is 28.5 Å². The Balaban J connectivity index is 2.64. The molecule has 18 heavy (non-hydrogen) atoms. The Morgan fingerprint density at radius 2 is 2.00 bits per heavy atom. The third-order valence-electron chi connectivity index (χ3n) is 2.69. The normalized spacial score (nSPS) is 11.1. The average molecular weight is 282 g/mol. The highest BCUT2D eigenvalue weighted by molar-refractivity contribution is 6.42. The molecular weight excluding hydrogens is 269 g/mol. The smallest absolute Gasteiger partial charge is 0.111 e. The summed E-state index contributed by atoms with van der Waals surface area (Å²) in [6.07, 6.45) is 0.825. The summed E-state index contributed by atoms with van der Waals surface area (Å²) in [6.45, 7) is 4.52. The van der Waals surface area contributed by atoms with Gasteiger partial charge in [0.15, 0.2) is 0 Å². The lowest BCUT2D eigenvalue weighted by atomic mass is 10.1. The molecule has 5 heteroatoms. The van der Waals surface area contributed by atoms with E-state index in [2.05, 4.69) is 24.9 Å². The van der Waals surface area contributed by atoms with Gasteiger partial charge < -0.3 is 4.57 Å². The van der Waals surface area contributed by atoms with Crippen molar-refractivity contribution in [3.05, 3.63) is 28.0 Å². The molecule has 3 nitrogen and oxygen atoms in total. The standard InChI is InChI=1S/C13H13Cl2N3/c1-8(2)5-13-17-11-6-9(14)10(15)7-12(11)18(13)4-3-16/h6-8H,4-5H2,1-2H3. The van der Waals surface area contributed by atoms with Crippen LogP contribution in [-0.4, -0.2) is 9.55 Å². The molecule has 1 aromatic carbocycles. The fourth-order valence-corrected chi connectivity index (χ4v) is 2.25. The van der Waals surface area contributed by atoms with E-state index in [9.17, 15) is 0 Å². The lowest BCUT2D eigenvalue weighted by molar-refractivity contribution is 0.598. The number of benzene rings is 1. The second kappa shape index (κ2) is 5.17. The number of halogens is 2. The van der Waals surface area contributed by atoms with E-state index in [1.165, 1.54) is 0 Å². The zero-order valence-corrected chi connectivity index (χ0v) is 11.8. The summed E-state index contributed by atoms with van der Waals surface area (Å²) in [5, 5.41) is 9.90. The van der Waals surface area contributed by atoms with Crippen molar-refractivity contribution in [1.82, 2.24) is 9.55 Å². The molecule has 0 aliphatic rings. The summed E-state index contributed by atoms with van der Waals surface area (Å²) in [7, 11) is 0. The first kappa shape index (κ1) is 13.2. The second-order valence-corrected chi connectivity index (χ2v) is 5.44. The number of aromatic nitrogens is 2. The molecule has 0 fully saturated rings. The van der Waals surface area contributed by atoms with Gasteiger partial charge in [0.25, 0.3) is 0 Å². The predicted molar refractivity (Wildman–Crippen MR) is 73.9 cm³/mol. The maximum Gasteiger partial charge on any atom is 0.111 e. The Bertz CT molecular complexity index is 623. The molecule has 0 radical (unpaired) electrons. The van der Waals surface area contributed by atoms with Gasteiger partial charge in [-0.15, -0.1) is 0 Å². The first-order valence-electron chi connectivity index (χ1n) is 5.74. The Kier molecular flexibility index (Phi) is 3.79. The Labute approximate surface area is 116 Å². The van der Waals surface area contributed by atoms with Crippen molar-refractivity contribution >= 4 is 34.2 Å². The highest BCUT2D eigenvalue weighted by atomic mass is 35.5.